The van der Waals surface area contributed by atoms with E-state index in [-0.39, 0.29) is 6.61 Å². The number of rotatable bonds is 6. The van der Waals surface area contributed by atoms with Gasteiger partial charge in [0.1, 0.15) is 6.61 Å². The highest BCUT2D eigenvalue weighted by molar-refractivity contribution is 7.98. The lowest BCUT2D eigenvalue weighted by Crippen LogP contribution is -2.03. The van der Waals surface area contributed by atoms with E-state index in [1.807, 2.05) is 4.57 Å². The number of halogens is 1. The highest BCUT2D eigenvalue weighted by Gasteiger charge is 2.29. The molecule has 1 aliphatic rings. The fourth-order valence-electron chi connectivity index (χ4n) is 2.15. The van der Waals surface area contributed by atoms with Gasteiger partial charge < -0.3 is 9.67 Å². The van der Waals surface area contributed by atoms with Crippen molar-refractivity contribution in [2.24, 2.45) is 0 Å². The predicted octanol–water partition coefficient (Wildman–Crippen LogP) is 2.44. The van der Waals surface area contributed by atoms with Crippen LogP contribution in [0.15, 0.2) is 23.4 Å². The van der Waals surface area contributed by atoms with Crippen LogP contribution in [0.3, 0.4) is 0 Å². The van der Waals surface area contributed by atoms with Crippen LogP contribution in [0.25, 0.3) is 0 Å². The molecule has 0 bridgehead atoms. The third-order valence-electron chi connectivity index (χ3n) is 3.37. The summed E-state index contributed by atoms with van der Waals surface area (Å²) in [4.78, 5) is 9.84. The van der Waals surface area contributed by atoms with Gasteiger partial charge in [-0.15, -0.1) is 10.2 Å². The number of nitro groups is 1. The molecule has 0 aliphatic heterocycles. The molecule has 9 heteroatoms. The first-order valence-corrected chi connectivity index (χ1v) is 7.69. The molecule has 2 aromatic rings. The molecule has 1 saturated carbocycles. The summed E-state index contributed by atoms with van der Waals surface area (Å²) in [6, 6.07) is 4.18. The number of hydrogen-bond donors (Lipinski definition) is 1. The number of aliphatic hydroxyl groups is 1. The Morgan fingerprint density at radius 1 is 1.45 bits per heavy atom. The zero-order valence-corrected chi connectivity index (χ0v) is 12.3. The lowest BCUT2D eigenvalue weighted by molar-refractivity contribution is -0.387. The van der Waals surface area contributed by atoms with Gasteiger partial charge in [-0.1, -0.05) is 17.8 Å². The second-order valence-electron chi connectivity index (χ2n) is 4.99. The average Bonchev–Trinajstić information content (AvgIpc) is 3.24. The van der Waals surface area contributed by atoms with Crippen LogP contribution in [0.4, 0.5) is 10.1 Å². The molecule has 0 spiro atoms. The maximum absolute atomic E-state index is 13.6. The highest BCUT2D eigenvalue weighted by atomic mass is 32.2. The molecule has 0 amide bonds. The maximum Gasteiger partial charge on any atom is 0.304 e. The van der Waals surface area contributed by atoms with Gasteiger partial charge in [0.15, 0.2) is 11.0 Å². The van der Waals surface area contributed by atoms with Crippen molar-refractivity contribution in [1.29, 1.82) is 0 Å². The normalized spacial score (nSPS) is 14.3. The van der Waals surface area contributed by atoms with E-state index in [2.05, 4.69) is 10.2 Å². The zero-order chi connectivity index (χ0) is 15.7. The molecule has 22 heavy (non-hydrogen) atoms. The Balaban J connectivity index is 1.74. The summed E-state index contributed by atoms with van der Waals surface area (Å²) in [5, 5.41) is 28.5. The van der Waals surface area contributed by atoms with Gasteiger partial charge in [0, 0.05) is 17.9 Å². The van der Waals surface area contributed by atoms with Gasteiger partial charge in [0.05, 0.1) is 4.92 Å². The minimum absolute atomic E-state index is 0.170. The second-order valence-corrected chi connectivity index (χ2v) is 5.93. The van der Waals surface area contributed by atoms with Crippen molar-refractivity contribution in [2.45, 2.75) is 36.4 Å². The number of thioether (sulfide) groups is 1. The molecule has 1 aromatic heterocycles. The number of hydrogen-bond acceptors (Lipinski definition) is 6. The van der Waals surface area contributed by atoms with Crippen molar-refractivity contribution < 1.29 is 14.4 Å². The van der Waals surface area contributed by atoms with Crippen molar-refractivity contribution in [3.63, 3.8) is 0 Å². The van der Waals surface area contributed by atoms with Crippen LogP contribution in [-0.2, 0) is 12.4 Å². The summed E-state index contributed by atoms with van der Waals surface area (Å²) in [7, 11) is 0. The summed E-state index contributed by atoms with van der Waals surface area (Å²) in [6.07, 6.45) is 2.06. The monoisotopic (exact) mass is 324 g/mol. The molecule has 0 unspecified atom stereocenters. The van der Waals surface area contributed by atoms with Crippen LogP contribution < -0.4 is 0 Å². The van der Waals surface area contributed by atoms with E-state index < -0.39 is 16.4 Å². The number of aromatic nitrogens is 3. The molecule has 116 valence electrons. The minimum atomic E-state index is -0.845. The van der Waals surface area contributed by atoms with Crippen molar-refractivity contribution in [3.8, 4) is 0 Å². The average molecular weight is 324 g/mol. The summed E-state index contributed by atoms with van der Waals surface area (Å²) >= 11 is 1.37. The van der Waals surface area contributed by atoms with Gasteiger partial charge in [-0.05, 0) is 24.5 Å². The zero-order valence-electron chi connectivity index (χ0n) is 11.5. The Bertz CT molecular complexity index is 717. The van der Waals surface area contributed by atoms with Crippen LogP contribution in [0.1, 0.15) is 30.3 Å². The number of nitro benzene ring substituents is 1. The molecule has 0 saturated heterocycles. The quantitative estimate of drug-likeness (QED) is 0.498. The Morgan fingerprint density at radius 2 is 2.23 bits per heavy atom. The van der Waals surface area contributed by atoms with Gasteiger partial charge in [-0.3, -0.25) is 10.1 Å². The molecular formula is C13H13FN4O3S. The number of benzene rings is 1. The fraction of sp³-hybridized carbons (Fsp3) is 0.385. The lowest BCUT2D eigenvalue weighted by atomic mass is 10.2. The van der Waals surface area contributed by atoms with E-state index in [0.29, 0.717) is 28.3 Å². The third-order valence-corrected chi connectivity index (χ3v) is 4.38. The van der Waals surface area contributed by atoms with Crippen LogP contribution in [-0.4, -0.2) is 24.8 Å². The van der Waals surface area contributed by atoms with Crippen molar-refractivity contribution in [1.82, 2.24) is 14.8 Å². The summed E-state index contributed by atoms with van der Waals surface area (Å²) in [5.74, 6) is 0.105. The molecule has 0 atom stereocenters. The highest BCUT2D eigenvalue weighted by Crippen LogP contribution is 2.39. The van der Waals surface area contributed by atoms with Gasteiger partial charge >= 0.3 is 5.69 Å². The predicted molar refractivity (Wildman–Crippen MR) is 76.8 cm³/mol. The van der Waals surface area contributed by atoms with Gasteiger partial charge in [0.2, 0.25) is 5.82 Å². The summed E-state index contributed by atoms with van der Waals surface area (Å²) < 4.78 is 15.5. The summed E-state index contributed by atoms with van der Waals surface area (Å²) in [6.45, 7) is -0.170. The topological polar surface area (TPSA) is 94.1 Å². The van der Waals surface area contributed by atoms with E-state index >= 15 is 0 Å². The van der Waals surface area contributed by atoms with E-state index in [0.717, 1.165) is 25.0 Å². The van der Waals surface area contributed by atoms with Crippen LogP contribution in [0.2, 0.25) is 0 Å². The fourth-order valence-corrected chi connectivity index (χ4v) is 3.12. The van der Waals surface area contributed by atoms with E-state index in [1.54, 1.807) is 0 Å². The Kier molecular flexibility index (Phi) is 4.08. The molecule has 1 heterocycles. The Morgan fingerprint density at radius 3 is 2.82 bits per heavy atom. The van der Waals surface area contributed by atoms with E-state index in [1.165, 1.54) is 17.8 Å². The molecular weight excluding hydrogens is 311 g/mol. The number of nitrogens with zero attached hydrogens (tertiary/aromatic N) is 4. The first kappa shape index (κ1) is 14.9. The van der Waals surface area contributed by atoms with Crippen molar-refractivity contribution in [2.75, 3.05) is 0 Å². The first-order chi connectivity index (χ1) is 10.6. The van der Waals surface area contributed by atoms with Crippen molar-refractivity contribution in [3.05, 3.63) is 45.5 Å². The lowest BCUT2D eigenvalue weighted by Gasteiger charge is -2.07. The standard InChI is InChI=1S/C13H13FN4O3S/c14-10-5-8(1-4-11(10)18(20)21)7-22-13-16-15-12(6-19)17(13)9-2-3-9/h1,4-5,9,19H,2-3,6-7H2. The van der Waals surface area contributed by atoms with Crippen LogP contribution in [0, 0.1) is 15.9 Å². The van der Waals surface area contributed by atoms with Crippen molar-refractivity contribution >= 4 is 17.4 Å². The maximum atomic E-state index is 13.6. The largest absolute Gasteiger partial charge is 0.388 e. The number of aliphatic hydroxyl groups excluding tert-OH is 1. The Labute approximate surface area is 129 Å². The molecule has 1 N–H and O–H groups in total. The first-order valence-electron chi connectivity index (χ1n) is 6.70. The Hall–Kier alpha value is -2.00. The third kappa shape index (κ3) is 2.95. The minimum Gasteiger partial charge on any atom is -0.388 e. The van der Waals surface area contributed by atoms with Gasteiger partial charge in [-0.2, -0.15) is 4.39 Å². The molecule has 1 aliphatic carbocycles. The molecule has 1 aromatic carbocycles. The smallest absolute Gasteiger partial charge is 0.304 e. The molecule has 0 radical (unpaired) electrons. The molecule has 3 rings (SSSR count). The molecule has 7 nitrogen and oxygen atoms in total. The van der Waals surface area contributed by atoms with Crippen LogP contribution >= 0.6 is 11.8 Å². The van der Waals surface area contributed by atoms with Crippen LogP contribution in [0.5, 0.6) is 0 Å². The molecule has 1 fully saturated rings. The van der Waals surface area contributed by atoms with E-state index in [4.69, 9.17) is 0 Å². The summed E-state index contributed by atoms with van der Waals surface area (Å²) in [5.41, 5.74) is 0.0986. The SMILES string of the molecule is O=[N+]([O-])c1ccc(CSc2nnc(CO)n2C2CC2)cc1F. The van der Waals surface area contributed by atoms with Gasteiger partial charge in [-0.25, -0.2) is 0 Å². The van der Waals surface area contributed by atoms with E-state index in [9.17, 15) is 19.6 Å². The van der Waals surface area contributed by atoms with Gasteiger partial charge in [0.25, 0.3) is 0 Å². The second kappa shape index (κ2) is 6.01.